The van der Waals surface area contributed by atoms with Gasteiger partial charge >= 0.3 is 11.8 Å². The highest BCUT2D eigenvalue weighted by molar-refractivity contribution is 5.24. The van der Waals surface area contributed by atoms with Crippen LogP contribution in [-0.2, 0) is 6.54 Å². The number of rotatable bonds is 2. The largest absolute Gasteiger partial charge is 0.435 e. The van der Waals surface area contributed by atoms with Crippen LogP contribution in [0, 0.1) is 10.1 Å². The molecule has 0 spiro atoms. The van der Waals surface area contributed by atoms with Gasteiger partial charge in [0, 0.05) is 4.98 Å². The van der Waals surface area contributed by atoms with E-state index < -0.39 is 16.6 Å². The molecule has 0 radical (unpaired) electrons. The van der Waals surface area contributed by atoms with Crippen LogP contribution in [0.2, 0.25) is 0 Å². The van der Waals surface area contributed by atoms with E-state index in [0.717, 1.165) is 0 Å². The van der Waals surface area contributed by atoms with E-state index in [-0.39, 0.29) is 11.8 Å². The molecule has 0 saturated heterocycles. The van der Waals surface area contributed by atoms with Crippen LogP contribution in [0.25, 0.3) is 0 Å². The van der Waals surface area contributed by atoms with Crippen molar-refractivity contribution < 1.29 is 14.8 Å². The van der Waals surface area contributed by atoms with Crippen molar-refractivity contribution in [2.45, 2.75) is 32.1 Å². The molecule has 2 unspecified atom stereocenters. The molecule has 2 atom stereocenters. The van der Waals surface area contributed by atoms with Gasteiger partial charge in [-0.15, -0.1) is 0 Å². The first kappa shape index (κ1) is 9.91. The van der Waals surface area contributed by atoms with Crippen LogP contribution in [0.5, 0.6) is 6.01 Å². The Balaban J connectivity index is 2.27. The van der Waals surface area contributed by atoms with E-state index in [1.165, 1.54) is 10.8 Å². The third-order valence-corrected chi connectivity index (χ3v) is 2.61. The van der Waals surface area contributed by atoms with Crippen molar-refractivity contribution in [3.8, 4) is 6.01 Å². The molecule has 2 heterocycles. The van der Waals surface area contributed by atoms with Gasteiger partial charge in [-0.25, -0.2) is 0 Å². The van der Waals surface area contributed by atoms with Crippen molar-refractivity contribution in [2.24, 2.45) is 0 Å². The first-order valence-corrected chi connectivity index (χ1v) is 4.51. The standard InChI is InChI=1S/C8H11N3O4/c1-5(12)8(2)4-10-3-6(11(13)14)9-7(10)15-8/h3,5,12H,4H2,1-2H3. The van der Waals surface area contributed by atoms with Gasteiger partial charge in [0.25, 0.3) is 0 Å². The number of imidazole rings is 1. The molecule has 1 aliphatic rings. The number of fused-ring (bicyclic) bond motifs is 1. The highest BCUT2D eigenvalue weighted by atomic mass is 16.6. The first-order valence-electron chi connectivity index (χ1n) is 4.51. The molecule has 1 aromatic rings. The Bertz CT molecular complexity index is 389. The molecule has 1 aromatic heterocycles. The molecule has 15 heavy (non-hydrogen) atoms. The predicted octanol–water partition coefficient (Wildman–Crippen LogP) is 0.323. The summed E-state index contributed by atoms with van der Waals surface area (Å²) in [5, 5.41) is 19.9. The molecule has 0 bridgehead atoms. The van der Waals surface area contributed by atoms with Gasteiger partial charge in [-0.05, 0) is 18.8 Å². The van der Waals surface area contributed by atoms with E-state index in [0.29, 0.717) is 6.54 Å². The highest BCUT2D eigenvalue weighted by Crippen LogP contribution is 2.32. The van der Waals surface area contributed by atoms with E-state index in [9.17, 15) is 15.2 Å². The number of nitro groups is 1. The zero-order valence-corrected chi connectivity index (χ0v) is 8.38. The van der Waals surface area contributed by atoms with Crippen LogP contribution in [0.1, 0.15) is 13.8 Å². The van der Waals surface area contributed by atoms with Crippen molar-refractivity contribution in [2.75, 3.05) is 0 Å². The summed E-state index contributed by atoms with van der Waals surface area (Å²) in [5.41, 5.74) is -0.753. The van der Waals surface area contributed by atoms with Crippen molar-refractivity contribution in [1.29, 1.82) is 0 Å². The molecular weight excluding hydrogens is 202 g/mol. The molecule has 1 N–H and O–H groups in total. The van der Waals surface area contributed by atoms with Crippen LogP contribution in [0.15, 0.2) is 6.20 Å². The molecular formula is C8H11N3O4. The second kappa shape index (κ2) is 2.93. The van der Waals surface area contributed by atoms with Gasteiger partial charge < -0.3 is 20.0 Å². The minimum absolute atomic E-state index is 0.185. The van der Waals surface area contributed by atoms with Crippen LogP contribution >= 0.6 is 0 Å². The lowest BCUT2D eigenvalue weighted by molar-refractivity contribution is -0.389. The van der Waals surface area contributed by atoms with Crippen molar-refractivity contribution in [3.63, 3.8) is 0 Å². The average Bonchev–Trinajstić information content (AvgIpc) is 2.59. The zero-order chi connectivity index (χ0) is 11.2. The van der Waals surface area contributed by atoms with Gasteiger partial charge in [-0.2, -0.15) is 0 Å². The molecule has 0 fully saturated rings. The second-order valence-corrected chi connectivity index (χ2v) is 3.86. The van der Waals surface area contributed by atoms with Gasteiger partial charge in [-0.3, -0.25) is 4.57 Å². The third kappa shape index (κ3) is 1.44. The van der Waals surface area contributed by atoms with Crippen LogP contribution in [0.4, 0.5) is 5.82 Å². The number of nitrogens with zero attached hydrogens (tertiary/aromatic N) is 3. The molecule has 0 saturated carbocycles. The summed E-state index contributed by atoms with van der Waals surface area (Å²) in [6.45, 7) is 3.71. The molecule has 2 rings (SSSR count). The van der Waals surface area contributed by atoms with Crippen molar-refractivity contribution >= 4 is 5.82 Å². The number of aliphatic hydroxyl groups excluding tert-OH is 1. The summed E-state index contributed by atoms with van der Waals surface area (Å²) < 4.78 is 6.92. The molecule has 7 nitrogen and oxygen atoms in total. The van der Waals surface area contributed by atoms with Gasteiger partial charge in [0.05, 0.1) is 12.6 Å². The molecule has 1 aliphatic heterocycles. The van der Waals surface area contributed by atoms with E-state index in [4.69, 9.17) is 4.74 Å². The summed E-state index contributed by atoms with van der Waals surface area (Å²) in [7, 11) is 0. The molecule has 0 aromatic carbocycles. The Kier molecular flexibility index (Phi) is 1.93. The summed E-state index contributed by atoms with van der Waals surface area (Å²) >= 11 is 0. The van der Waals surface area contributed by atoms with Gasteiger partial charge in [0.2, 0.25) is 0 Å². The lowest BCUT2D eigenvalue weighted by Gasteiger charge is -2.24. The monoisotopic (exact) mass is 213 g/mol. The zero-order valence-electron chi connectivity index (χ0n) is 8.38. The fourth-order valence-corrected chi connectivity index (χ4v) is 1.46. The minimum Gasteiger partial charge on any atom is -0.435 e. The first-order chi connectivity index (χ1) is 6.92. The molecule has 7 heteroatoms. The maximum atomic E-state index is 10.4. The van der Waals surface area contributed by atoms with E-state index >= 15 is 0 Å². The Morgan fingerprint density at radius 2 is 2.53 bits per heavy atom. The van der Waals surface area contributed by atoms with E-state index in [1.54, 1.807) is 13.8 Å². The number of aromatic nitrogens is 2. The lowest BCUT2D eigenvalue weighted by atomic mass is 10.0. The van der Waals surface area contributed by atoms with Gasteiger partial charge in [-0.1, -0.05) is 0 Å². The number of ether oxygens (including phenoxy) is 1. The maximum Gasteiger partial charge on any atom is 0.415 e. The summed E-state index contributed by atoms with van der Waals surface area (Å²) in [6, 6.07) is 0.185. The summed E-state index contributed by atoms with van der Waals surface area (Å²) in [5.74, 6) is -0.238. The Hall–Kier alpha value is -1.63. The second-order valence-electron chi connectivity index (χ2n) is 3.86. The summed E-state index contributed by atoms with van der Waals surface area (Å²) in [4.78, 5) is 13.6. The van der Waals surface area contributed by atoms with E-state index in [1.807, 2.05) is 0 Å². The molecule has 0 amide bonds. The minimum atomic E-state index is -0.753. The Morgan fingerprint density at radius 3 is 3.00 bits per heavy atom. The van der Waals surface area contributed by atoms with Gasteiger partial charge in [0.1, 0.15) is 6.20 Å². The van der Waals surface area contributed by atoms with Crippen molar-refractivity contribution in [1.82, 2.24) is 9.55 Å². The SMILES string of the molecule is CC(O)C1(C)Cn2cc([N+](=O)[O-])nc2O1. The predicted molar refractivity (Wildman–Crippen MR) is 49.6 cm³/mol. The van der Waals surface area contributed by atoms with Crippen LogP contribution < -0.4 is 4.74 Å². The number of hydrogen-bond acceptors (Lipinski definition) is 5. The number of hydrogen-bond donors (Lipinski definition) is 1. The molecule has 82 valence electrons. The highest BCUT2D eigenvalue weighted by Gasteiger charge is 2.43. The fraction of sp³-hybridized carbons (Fsp3) is 0.625. The smallest absolute Gasteiger partial charge is 0.415 e. The quantitative estimate of drug-likeness (QED) is 0.564. The normalized spacial score (nSPS) is 25.8. The van der Waals surface area contributed by atoms with Crippen LogP contribution in [-0.4, -0.2) is 31.3 Å². The average molecular weight is 213 g/mol. The Labute approximate surface area is 85.4 Å². The topological polar surface area (TPSA) is 90.4 Å². The van der Waals surface area contributed by atoms with Crippen LogP contribution in [0.3, 0.4) is 0 Å². The Morgan fingerprint density at radius 1 is 1.87 bits per heavy atom. The molecule has 0 aliphatic carbocycles. The maximum absolute atomic E-state index is 10.4. The third-order valence-electron chi connectivity index (χ3n) is 2.61. The fourth-order valence-electron chi connectivity index (χ4n) is 1.46. The summed E-state index contributed by atoms with van der Waals surface area (Å²) in [6.07, 6.45) is 0.640. The van der Waals surface area contributed by atoms with Crippen molar-refractivity contribution in [3.05, 3.63) is 16.3 Å². The lowest BCUT2D eigenvalue weighted by Crippen LogP contribution is -2.42. The van der Waals surface area contributed by atoms with Gasteiger partial charge in [0.15, 0.2) is 5.60 Å². The number of aliphatic hydroxyl groups is 1. The van der Waals surface area contributed by atoms with E-state index in [2.05, 4.69) is 4.98 Å².